The molecule has 3 aromatic rings. The Balaban J connectivity index is 1.93. The number of nitrogens with zero attached hydrogens (tertiary/aromatic N) is 3. The van der Waals surface area contributed by atoms with Gasteiger partial charge in [0.1, 0.15) is 11.6 Å². The first-order valence-electron chi connectivity index (χ1n) is 7.86. The van der Waals surface area contributed by atoms with Crippen molar-refractivity contribution in [3.05, 3.63) is 76.3 Å². The molecule has 5 heteroatoms. The molecule has 1 heterocycles. The van der Waals surface area contributed by atoms with Crippen LogP contribution in [0.25, 0.3) is 11.4 Å². The molecule has 0 unspecified atom stereocenters. The fraction of sp³-hybridized carbons (Fsp3) is 0.211. The molecule has 122 valence electrons. The van der Waals surface area contributed by atoms with Crippen LogP contribution < -0.4 is 0 Å². The van der Waals surface area contributed by atoms with Gasteiger partial charge >= 0.3 is 0 Å². The molecule has 3 rings (SSSR count). The van der Waals surface area contributed by atoms with Crippen LogP contribution in [0.4, 0.5) is 0 Å². The Bertz CT molecular complexity index is 834. The van der Waals surface area contributed by atoms with Crippen molar-refractivity contribution in [1.82, 2.24) is 15.0 Å². The highest BCUT2D eigenvalue weighted by Gasteiger charge is 2.09. The molecule has 0 aliphatic carbocycles. The van der Waals surface area contributed by atoms with E-state index in [4.69, 9.17) is 16.7 Å². The van der Waals surface area contributed by atoms with Gasteiger partial charge in [-0.1, -0.05) is 54.9 Å². The zero-order valence-electron chi connectivity index (χ0n) is 13.4. The lowest BCUT2D eigenvalue weighted by Gasteiger charge is -2.07. The van der Waals surface area contributed by atoms with E-state index in [1.54, 1.807) is 0 Å². The van der Waals surface area contributed by atoms with Crippen molar-refractivity contribution in [2.24, 2.45) is 0 Å². The molecule has 1 N–H and O–H groups in total. The highest BCUT2D eigenvalue weighted by molar-refractivity contribution is 6.30. The van der Waals surface area contributed by atoms with E-state index in [1.807, 2.05) is 55.5 Å². The first kappa shape index (κ1) is 16.6. The summed E-state index contributed by atoms with van der Waals surface area (Å²) in [6.07, 6.45) is 1.36. The number of aliphatic hydroxyl groups excluding tert-OH is 1. The summed E-state index contributed by atoms with van der Waals surface area (Å²) in [5, 5.41) is 9.79. The predicted octanol–water partition coefficient (Wildman–Crippen LogP) is 3.84. The van der Waals surface area contributed by atoms with Gasteiger partial charge in [-0.05, 0) is 23.3 Å². The van der Waals surface area contributed by atoms with Crippen molar-refractivity contribution >= 4 is 11.6 Å². The van der Waals surface area contributed by atoms with Gasteiger partial charge in [-0.2, -0.15) is 0 Å². The summed E-state index contributed by atoms with van der Waals surface area (Å²) in [6.45, 7) is 2.07. The van der Waals surface area contributed by atoms with Crippen LogP contribution in [0, 0.1) is 0 Å². The van der Waals surface area contributed by atoms with Gasteiger partial charge in [0.05, 0.1) is 6.61 Å². The van der Waals surface area contributed by atoms with Gasteiger partial charge in [-0.25, -0.2) is 15.0 Å². The fourth-order valence-electron chi connectivity index (χ4n) is 2.41. The smallest absolute Gasteiger partial charge is 0.163 e. The summed E-state index contributed by atoms with van der Waals surface area (Å²) >= 11 is 6.07. The molecule has 2 aromatic carbocycles. The maximum Gasteiger partial charge on any atom is 0.163 e. The quantitative estimate of drug-likeness (QED) is 0.767. The lowest BCUT2D eigenvalue weighted by molar-refractivity contribution is 0.282. The Morgan fingerprint density at radius 3 is 2.29 bits per heavy atom. The first-order valence-corrected chi connectivity index (χ1v) is 8.24. The number of aryl methyl sites for hydroxylation is 1. The van der Waals surface area contributed by atoms with Gasteiger partial charge in [0.2, 0.25) is 0 Å². The highest BCUT2D eigenvalue weighted by Crippen LogP contribution is 2.20. The zero-order valence-corrected chi connectivity index (χ0v) is 14.2. The average molecular weight is 340 g/mol. The van der Waals surface area contributed by atoms with Gasteiger partial charge in [0, 0.05) is 23.4 Å². The maximum absolute atomic E-state index is 9.13. The first-order chi connectivity index (χ1) is 11.7. The van der Waals surface area contributed by atoms with Gasteiger partial charge < -0.3 is 5.11 Å². The van der Waals surface area contributed by atoms with Crippen LogP contribution in [-0.2, 0) is 19.4 Å². The summed E-state index contributed by atoms with van der Waals surface area (Å²) in [7, 11) is 0. The van der Waals surface area contributed by atoms with E-state index in [0.29, 0.717) is 17.3 Å². The standard InChI is InChI=1S/C19H18ClN3O/c1-2-17-21-18(10-13-6-8-14(12-24)9-7-13)23-19(22-17)15-4-3-5-16(20)11-15/h3-9,11,24H,2,10,12H2,1H3. The molecule has 4 nitrogen and oxygen atoms in total. The Morgan fingerprint density at radius 1 is 0.917 bits per heavy atom. The number of aromatic nitrogens is 3. The molecule has 0 amide bonds. The second kappa shape index (κ2) is 7.51. The third-order valence-corrected chi connectivity index (χ3v) is 3.93. The van der Waals surface area contributed by atoms with Crippen LogP contribution in [-0.4, -0.2) is 20.1 Å². The van der Waals surface area contributed by atoms with Gasteiger partial charge in [-0.15, -0.1) is 0 Å². The molecule has 0 saturated carbocycles. The summed E-state index contributed by atoms with van der Waals surface area (Å²) < 4.78 is 0. The van der Waals surface area contributed by atoms with E-state index in [0.717, 1.165) is 34.8 Å². The Morgan fingerprint density at radius 2 is 1.62 bits per heavy atom. The molecule has 0 saturated heterocycles. The SMILES string of the molecule is CCc1nc(Cc2ccc(CO)cc2)nc(-c2cccc(Cl)c2)n1. The van der Waals surface area contributed by atoms with Crippen LogP contribution in [0.3, 0.4) is 0 Å². The molecule has 24 heavy (non-hydrogen) atoms. The maximum atomic E-state index is 9.13. The fourth-order valence-corrected chi connectivity index (χ4v) is 2.60. The summed E-state index contributed by atoms with van der Waals surface area (Å²) in [5.74, 6) is 2.14. The minimum atomic E-state index is 0.0466. The van der Waals surface area contributed by atoms with Gasteiger partial charge in [-0.3, -0.25) is 0 Å². The second-order valence-electron chi connectivity index (χ2n) is 5.51. The molecule has 0 aliphatic rings. The lowest BCUT2D eigenvalue weighted by atomic mass is 10.1. The third kappa shape index (κ3) is 3.96. The molecule has 0 fully saturated rings. The van der Waals surface area contributed by atoms with E-state index >= 15 is 0 Å². The van der Waals surface area contributed by atoms with Crippen molar-refractivity contribution in [2.75, 3.05) is 0 Å². The van der Waals surface area contributed by atoms with Crippen LogP contribution in [0.5, 0.6) is 0 Å². The Labute approximate surface area is 146 Å². The van der Waals surface area contributed by atoms with Crippen LogP contribution in [0.15, 0.2) is 48.5 Å². The highest BCUT2D eigenvalue weighted by atomic mass is 35.5. The Hall–Kier alpha value is -2.30. The van der Waals surface area contributed by atoms with Crippen LogP contribution in [0.2, 0.25) is 5.02 Å². The van der Waals surface area contributed by atoms with E-state index in [2.05, 4.69) is 15.0 Å². The van der Waals surface area contributed by atoms with Crippen LogP contribution >= 0.6 is 11.6 Å². The minimum absolute atomic E-state index is 0.0466. The largest absolute Gasteiger partial charge is 0.392 e. The third-order valence-electron chi connectivity index (χ3n) is 3.69. The summed E-state index contributed by atoms with van der Waals surface area (Å²) in [5.41, 5.74) is 2.87. The van der Waals surface area contributed by atoms with E-state index in [-0.39, 0.29) is 6.61 Å². The number of aliphatic hydroxyl groups is 1. The van der Waals surface area contributed by atoms with Crippen molar-refractivity contribution in [3.63, 3.8) is 0 Å². The monoisotopic (exact) mass is 339 g/mol. The van der Waals surface area contributed by atoms with Crippen LogP contribution in [0.1, 0.15) is 29.7 Å². The van der Waals surface area contributed by atoms with Crippen molar-refractivity contribution in [1.29, 1.82) is 0 Å². The number of hydrogen-bond donors (Lipinski definition) is 1. The molecule has 0 bridgehead atoms. The normalized spacial score (nSPS) is 10.8. The molecular weight excluding hydrogens is 322 g/mol. The van der Waals surface area contributed by atoms with Crippen molar-refractivity contribution in [2.45, 2.75) is 26.4 Å². The van der Waals surface area contributed by atoms with E-state index in [1.165, 1.54) is 0 Å². The lowest BCUT2D eigenvalue weighted by Crippen LogP contribution is -2.05. The molecule has 0 atom stereocenters. The zero-order chi connectivity index (χ0) is 16.9. The molecule has 1 aromatic heterocycles. The predicted molar refractivity (Wildman–Crippen MR) is 94.8 cm³/mol. The number of benzene rings is 2. The van der Waals surface area contributed by atoms with Gasteiger partial charge in [0.25, 0.3) is 0 Å². The molecule has 0 spiro atoms. The number of rotatable bonds is 5. The second-order valence-corrected chi connectivity index (χ2v) is 5.94. The number of halogens is 1. The van der Waals surface area contributed by atoms with Gasteiger partial charge in [0.15, 0.2) is 5.82 Å². The number of hydrogen-bond acceptors (Lipinski definition) is 4. The van der Waals surface area contributed by atoms with Crippen molar-refractivity contribution in [3.8, 4) is 11.4 Å². The topological polar surface area (TPSA) is 58.9 Å². The molecule has 0 aliphatic heterocycles. The minimum Gasteiger partial charge on any atom is -0.392 e. The van der Waals surface area contributed by atoms with E-state index < -0.39 is 0 Å². The summed E-state index contributed by atoms with van der Waals surface area (Å²) in [6, 6.07) is 15.3. The average Bonchev–Trinajstić information content (AvgIpc) is 2.62. The molecular formula is C19H18ClN3O. The Kier molecular flexibility index (Phi) is 5.18. The van der Waals surface area contributed by atoms with E-state index in [9.17, 15) is 0 Å². The molecule has 0 radical (unpaired) electrons. The summed E-state index contributed by atoms with van der Waals surface area (Å²) in [4.78, 5) is 13.7. The van der Waals surface area contributed by atoms with Crippen molar-refractivity contribution < 1.29 is 5.11 Å².